The standard InChI is InChI=1S/C18H25N3O5S/c1-11(16(23)25-5)19-14(22)13-10-27-15(20-13)12-6-8-21(9-7-12)17(24)26-18(2,3)4/h10,12H,1,6-9H2,2-5H3,(H,19,22). The second-order valence-corrected chi connectivity index (χ2v) is 8.13. The lowest BCUT2D eigenvalue weighted by Gasteiger charge is -2.32. The number of hydrogen-bond acceptors (Lipinski definition) is 7. The third-order valence-electron chi connectivity index (χ3n) is 3.95. The number of nitrogens with zero attached hydrogens (tertiary/aromatic N) is 2. The van der Waals surface area contributed by atoms with Gasteiger partial charge in [0.25, 0.3) is 5.91 Å². The van der Waals surface area contributed by atoms with Crippen LogP contribution in [0.4, 0.5) is 4.79 Å². The van der Waals surface area contributed by atoms with Crippen molar-refractivity contribution >= 4 is 29.3 Å². The summed E-state index contributed by atoms with van der Waals surface area (Å²) in [5.74, 6) is -1.02. The van der Waals surface area contributed by atoms with Gasteiger partial charge in [0.1, 0.15) is 17.0 Å². The molecule has 1 fully saturated rings. The van der Waals surface area contributed by atoms with Crippen molar-refractivity contribution in [2.45, 2.75) is 45.1 Å². The molecule has 1 saturated heterocycles. The fourth-order valence-corrected chi connectivity index (χ4v) is 3.56. The van der Waals surface area contributed by atoms with Crippen LogP contribution in [0.1, 0.15) is 55.0 Å². The number of hydrogen-bond donors (Lipinski definition) is 1. The van der Waals surface area contributed by atoms with Gasteiger partial charge in [-0.05, 0) is 33.6 Å². The van der Waals surface area contributed by atoms with Gasteiger partial charge in [-0.25, -0.2) is 14.6 Å². The molecule has 0 unspecified atom stereocenters. The number of rotatable bonds is 4. The summed E-state index contributed by atoms with van der Waals surface area (Å²) >= 11 is 1.39. The summed E-state index contributed by atoms with van der Waals surface area (Å²) in [6.07, 6.45) is 1.20. The van der Waals surface area contributed by atoms with Crippen LogP contribution in [0.15, 0.2) is 17.7 Å². The SMILES string of the molecule is C=C(NC(=O)c1csc(C2CCN(C(=O)OC(C)(C)C)CC2)n1)C(=O)OC. The zero-order valence-corrected chi connectivity index (χ0v) is 16.9. The lowest BCUT2D eigenvalue weighted by Crippen LogP contribution is -2.41. The molecule has 0 aromatic carbocycles. The van der Waals surface area contributed by atoms with Gasteiger partial charge < -0.3 is 19.7 Å². The van der Waals surface area contributed by atoms with Gasteiger partial charge in [0.15, 0.2) is 0 Å². The molecule has 0 bridgehead atoms. The number of ether oxygens (including phenoxy) is 2. The van der Waals surface area contributed by atoms with Crippen molar-refractivity contribution in [3.8, 4) is 0 Å². The molecule has 0 atom stereocenters. The first kappa shape index (κ1) is 20.9. The first-order valence-corrected chi connectivity index (χ1v) is 9.50. The normalized spacial score (nSPS) is 15.2. The lowest BCUT2D eigenvalue weighted by atomic mass is 9.98. The molecule has 1 N–H and O–H groups in total. The summed E-state index contributed by atoms with van der Waals surface area (Å²) < 4.78 is 9.89. The molecule has 2 heterocycles. The molecule has 1 aromatic rings. The monoisotopic (exact) mass is 395 g/mol. The van der Waals surface area contributed by atoms with Gasteiger partial charge in [0.05, 0.1) is 12.1 Å². The van der Waals surface area contributed by atoms with Gasteiger partial charge in [-0.3, -0.25) is 4.79 Å². The van der Waals surface area contributed by atoms with Gasteiger partial charge in [-0.1, -0.05) is 6.58 Å². The molecular formula is C18H25N3O5S. The van der Waals surface area contributed by atoms with Gasteiger partial charge in [-0.15, -0.1) is 11.3 Å². The van der Waals surface area contributed by atoms with Crippen LogP contribution in [-0.2, 0) is 14.3 Å². The summed E-state index contributed by atoms with van der Waals surface area (Å²) in [4.78, 5) is 41.6. The Labute approximate surface area is 162 Å². The van der Waals surface area contributed by atoms with E-state index in [1.165, 1.54) is 18.4 Å². The van der Waals surface area contributed by atoms with Crippen LogP contribution in [0.5, 0.6) is 0 Å². The number of carbonyl (C=O) groups is 3. The molecule has 0 aliphatic carbocycles. The van der Waals surface area contributed by atoms with Crippen LogP contribution in [0, 0.1) is 0 Å². The average Bonchev–Trinajstić information content (AvgIpc) is 3.09. The minimum atomic E-state index is -0.701. The van der Waals surface area contributed by atoms with Crippen molar-refractivity contribution in [2.24, 2.45) is 0 Å². The number of aromatic nitrogens is 1. The first-order valence-electron chi connectivity index (χ1n) is 8.62. The van der Waals surface area contributed by atoms with E-state index in [9.17, 15) is 14.4 Å². The smallest absolute Gasteiger partial charge is 0.410 e. The third-order valence-corrected chi connectivity index (χ3v) is 4.95. The number of methoxy groups -OCH3 is 1. The van der Waals surface area contributed by atoms with Crippen molar-refractivity contribution in [3.63, 3.8) is 0 Å². The van der Waals surface area contributed by atoms with E-state index in [0.717, 1.165) is 17.8 Å². The fraction of sp³-hybridized carbons (Fsp3) is 0.556. The van der Waals surface area contributed by atoms with Crippen molar-refractivity contribution in [1.29, 1.82) is 0 Å². The van der Waals surface area contributed by atoms with Gasteiger partial charge in [0.2, 0.25) is 0 Å². The maximum Gasteiger partial charge on any atom is 0.410 e. The maximum atomic E-state index is 12.1. The quantitative estimate of drug-likeness (QED) is 0.622. The molecule has 2 amide bonds. The van der Waals surface area contributed by atoms with Crippen LogP contribution >= 0.6 is 11.3 Å². The number of likely N-dealkylation sites (tertiary alicyclic amines) is 1. The zero-order valence-electron chi connectivity index (χ0n) is 16.0. The summed E-state index contributed by atoms with van der Waals surface area (Å²) in [7, 11) is 1.21. The molecule has 1 aromatic heterocycles. The number of esters is 1. The van der Waals surface area contributed by atoms with E-state index >= 15 is 0 Å². The van der Waals surface area contributed by atoms with Gasteiger partial charge in [-0.2, -0.15) is 0 Å². The topological polar surface area (TPSA) is 97.8 Å². The van der Waals surface area contributed by atoms with Crippen LogP contribution in [0.25, 0.3) is 0 Å². The molecular weight excluding hydrogens is 370 g/mol. The van der Waals surface area contributed by atoms with Crippen LogP contribution in [-0.4, -0.2) is 53.7 Å². The number of piperidine rings is 1. The number of nitrogens with one attached hydrogen (secondary N) is 1. The van der Waals surface area contributed by atoms with E-state index in [1.54, 1.807) is 10.3 Å². The second-order valence-electron chi connectivity index (χ2n) is 7.24. The van der Waals surface area contributed by atoms with E-state index in [4.69, 9.17) is 4.74 Å². The molecule has 0 radical (unpaired) electrons. The third kappa shape index (κ3) is 5.78. The Morgan fingerprint density at radius 2 is 1.93 bits per heavy atom. The molecule has 9 heteroatoms. The Morgan fingerprint density at radius 3 is 2.48 bits per heavy atom. The number of thiazole rings is 1. The fourth-order valence-electron chi connectivity index (χ4n) is 2.59. The van der Waals surface area contributed by atoms with E-state index in [0.29, 0.717) is 13.1 Å². The van der Waals surface area contributed by atoms with Crippen molar-refractivity contribution in [3.05, 3.63) is 28.4 Å². The molecule has 0 saturated carbocycles. The predicted octanol–water partition coefficient (Wildman–Crippen LogP) is 2.67. The number of carbonyl (C=O) groups excluding carboxylic acids is 3. The average molecular weight is 395 g/mol. The summed E-state index contributed by atoms with van der Waals surface area (Å²) in [5, 5.41) is 4.86. The largest absolute Gasteiger partial charge is 0.464 e. The molecule has 0 spiro atoms. The highest BCUT2D eigenvalue weighted by Gasteiger charge is 2.29. The van der Waals surface area contributed by atoms with Gasteiger partial charge >= 0.3 is 12.1 Å². The minimum absolute atomic E-state index is 0.136. The lowest BCUT2D eigenvalue weighted by molar-refractivity contribution is -0.136. The minimum Gasteiger partial charge on any atom is -0.464 e. The first-order chi connectivity index (χ1) is 12.6. The summed E-state index contributed by atoms with van der Waals surface area (Å²) in [5.41, 5.74) is -0.419. The highest BCUT2D eigenvalue weighted by molar-refractivity contribution is 7.09. The zero-order chi connectivity index (χ0) is 20.2. The highest BCUT2D eigenvalue weighted by Crippen LogP contribution is 2.31. The molecule has 8 nitrogen and oxygen atoms in total. The van der Waals surface area contributed by atoms with Crippen LogP contribution in [0.2, 0.25) is 0 Å². The second kappa shape index (κ2) is 8.51. The Morgan fingerprint density at radius 1 is 1.30 bits per heavy atom. The van der Waals surface area contributed by atoms with Crippen LogP contribution < -0.4 is 5.32 Å². The van der Waals surface area contributed by atoms with Crippen molar-refractivity contribution in [2.75, 3.05) is 20.2 Å². The van der Waals surface area contributed by atoms with Crippen molar-refractivity contribution in [1.82, 2.24) is 15.2 Å². The Balaban J connectivity index is 1.91. The molecule has 27 heavy (non-hydrogen) atoms. The molecule has 2 rings (SSSR count). The van der Waals surface area contributed by atoms with Crippen molar-refractivity contribution < 1.29 is 23.9 Å². The molecule has 1 aliphatic rings. The molecule has 148 valence electrons. The Bertz CT molecular complexity index is 730. The summed E-state index contributed by atoms with van der Waals surface area (Å²) in [6, 6.07) is 0. The number of amides is 2. The van der Waals surface area contributed by atoms with E-state index < -0.39 is 17.5 Å². The van der Waals surface area contributed by atoms with Gasteiger partial charge in [0, 0.05) is 24.4 Å². The highest BCUT2D eigenvalue weighted by atomic mass is 32.1. The predicted molar refractivity (Wildman–Crippen MR) is 101 cm³/mol. The Kier molecular flexibility index (Phi) is 6.59. The van der Waals surface area contributed by atoms with E-state index in [-0.39, 0.29) is 23.4 Å². The van der Waals surface area contributed by atoms with Crippen LogP contribution in [0.3, 0.4) is 0 Å². The van der Waals surface area contributed by atoms with E-state index in [1.807, 2.05) is 20.8 Å². The molecule has 1 aliphatic heterocycles. The van der Waals surface area contributed by atoms with E-state index in [2.05, 4.69) is 21.6 Å². The Hall–Kier alpha value is -2.42. The maximum absolute atomic E-state index is 12.1. The summed E-state index contributed by atoms with van der Waals surface area (Å²) in [6.45, 7) is 10.1.